The van der Waals surface area contributed by atoms with E-state index >= 15 is 0 Å². The van der Waals surface area contributed by atoms with Gasteiger partial charge in [0.2, 0.25) is 0 Å². The molecular formula is C20H12N2O4S. The second-order valence-corrected chi connectivity index (χ2v) is 6.80. The first-order chi connectivity index (χ1) is 13.0. The average molecular weight is 376 g/mol. The summed E-state index contributed by atoms with van der Waals surface area (Å²) in [7, 11) is 0. The number of phenolic OH excluding ortho intramolecular Hbond substituents is 2. The summed E-state index contributed by atoms with van der Waals surface area (Å²) in [5, 5.41) is 41.1. The maximum atomic E-state index is 11.8. The van der Waals surface area contributed by atoms with Crippen molar-refractivity contribution < 1.29 is 15.3 Å². The van der Waals surface area contributed by atoms with Crippen molar-refractivity contribution in [1.82, 2.24) is 4.98 Å². The third-order valence-electron chi connectivity index (χ3n) is 4.32. The van der Waals surface area contributed by atoms with E-state index in [0.717, 1.165) is 11.1 Å². The first-order valence-corrected chi connectivity index (χ1v) is 8.77. The zero-order chi connectivity index (χ0) is 19.1. The van der Waals surface area contributed by atoms with E-state index in [-0.39, 0.29) is 22.8 Å². The molecule has 4 aromatic rings. The van der Waals surface area contributed by atoms with E-state index in [0.29, 0.717) is 21.3 Å². The number of hydrogen-bond donors (Lipinski definition) is 4. The number of aromatic amines is 1. The molecule has 6 nitrogen and oxygen atoms in total. The van der Waals surface area contributed by atoms with Crippen molar-refractivity contribution in [2.75, 3.05) is 0 Å². The van der Waals surface area contributed by atoms with Gasteiger partial charge in [-0.15, -0.1) is 11.3 Å². The van der Waals surface area contributed by atoms with Gasteiger partial charge >= 0.3 is 0 Å². The SMILES string of the molecule is N#Cc1c(O)c2c(-c3ccc(-c4ccc(O)cc4O)cc3)csc2[nH]c1=O. The number of aromatic nitrogens is 1. The second-order valence-electron chi connectivity index (χ2n) is 5.92. The molecule has 2 aromatic heterocycles. The van der Waals surface area contributed by atoms with Crippen molar-refractivity contribution in [3.8, 4) is 45.6 Å². The van der Waals surface area contributed by atoms with Crippen molar-refractivity contribution in [2.24, 2.45) is 0 Å². The van der Waals surface area contributed by atoms with E-state index in [1.165, 1.54) is 23.5 Å². The van der Waals surface area contributed by atoms with Crippen LogP contribution in [-0.4, -0.2) is 20.3 Å². The van der Waals surface area contributed by atoms with E-state index in [1.54, 1.807) is 29.6 Å². The van der Waals surface area contributed by atoms with E-state index in [4.69, 9.17) is 5.26 Å². The maximum Gasteiger partial charge on any atom is 0.270 e. The average Bonchev–Trinajstić information content (AvgIpc) is 3.06. The highest BCUT2D eigenvalue weighted by atomic mass is 32.1. The molecule has 0 spiro atoms. The van der Waals surface area contributed by atoms with Crippen molar-refractivity contribution >= 4 is 21.6 Å². The fourth-order valence-electron chi connectivity index (χ4n) is 2.99. The summed E-state index contributed by atoms with van der Waals surface area (Å²) in [5.41, 5.74) is 1.89. The zero-order valence-electron chi connectivity index (χ0n) is 13.7. The summed E-state index contributed by atoms with van der Waals surface area (Å²) in [4.78, 5) is 14.9. The Morgan fingerprint density at radius 2 is 1.63 bits per heavy atom. The molecular weight excluding hydrogens is 364 g/mol. The van der Waals surface area contributed by atoms with Gasteiger partial charge in [-0.3, -0.25) is 4.79 Å². The van der Waals surface area contributed by atoms with Crippen LogP contribution in [0.2, 0.25) is 0 Å². The zero-order valence-corrected chi connectivity index (χ0v) is 14.5. The number of rotatable bonds is 2. The Kier molecular flexibility index (Phi) is 3.83. The number of nitrogens with zero attached hydrogens (tertiary/aromatic N) is 1. The molecule has 0 amide bonds. The standard InChI is InChI=1S/C20H12N2O4S/c21-8-14-18(25)17-15(9-27-20(17)22-19(14)26)11-3-1-10(2-4-11)13-6-5-12(23)7-16(13)24/h1-7,9,23-24H,(H2,22,25,26). The monoisotopic (exact) mass is 376 g/mol. The van der Waals surface area contributed by atoms with Crippen molar-refractivity contribution in [2.45, 2.75) is 0 Å². The van der Waals surface area contributed by atoms with Gasteiger partial charge in [-0.1, -0.05) is 24.3 Å². The van der Waals surface area contributed by atoms with Crippen LogP contribution in [0.4, 0.5) is 0 Å². The van der Waals surface area contributed by atoms with Crippen LogP contribution in [0.15, 0.2) is 52.6 Å². The van der Waals surface area contributed by atoms with Crippen molar-refractivity contribution in [3.63, 3.8) is 0 Å². The van der Waals surface area contributed by atoms with Gasteiger partial charge in [0.15, 0.2) is 5.56 Å². The van der Waals surface area contributed by atoms with Gasteiger partial charge in [0.25, 0.3) is 5.56 Å². The lowest BCUT2D eigenvalue weighted by Gasteiger charge is -2.07. The van der Waals surface area contributed by atoms with Crippen LogP contribution in [0, 0.1) is 11.3 Å². The Hall–Kier alpha value is -3.76. The number of nitrogens with one attached hydrogen (secondary N) is 1. The lowest BCUT2D eigenvalue weighted by atomic mass is 9.99. The van der Waals surface area contributed by atoms with Crippen LogP contribution in [0.5, 0.6) is 17.2 Å². The van der Waals surface area contributed by atoms with Gasteiger partial charge < -0.3 is 20.3 Å². The molecule has 2 heterocycles. The molecule has 2 aromatic carbocycles. The van der Waals surface area contributed by atoms with Gasteiger partial charge in [0.1, 0.15) is 28.1 Å². The largest absolute Gasteiger partial charge is 0.508 e. The number of benzene rings is 2. The van der Waals surface area contributed by atoms with Crippen LogP contribution >= 0.6 is 11.3 Å². The molecule has 0 saturated heterocycles. The molecule has 0 saturated carbocycles. The van der Waals surface area contributed by atoms with Crippen molar-refractivity contribution in [3.05, 3.63) is 63.8 Å². The van der Waals surface area contributed by atoms with Gasteiger partial charge in [-0.25, -0.2) is 0 Å². The number of pyridine rings is 1. The minimum atomic E-state index is -0.617. The van der Waals surface area contributed by atoms with Gasteiger partial charge in [-0.05, 0) is 23.3 Å². The van der Waals surface area contributed by atoms with Crippen LogP contribution in [-0.2, 0) is 0 Å². The number of fused-ring (bicyclic) bond motifs is 1. The topological polar surface area (TPSA) is 117 Å². The van der Waals surface area contributed by atoms with Crippen LogP contribution in [0.25, 0.3) is 32.5 Å². The first kappa shape index (κ1) is 16.7. The Labute approximate surface area is 156 Å². The van der Waals surface area contributed by atoms with Crippen molar-refractivity contribution in [1.29, 1.82) is 5.26 Å². The maximum absolute atomic E-state index is 11.8. The predicted molar refractivity (Wildman–Crippen MR) is 103 cm³/mol. The normalized spacial score (nSPS) is 10.8. The summed E-state index contributed by atoms with van der Waals surface area (Å²) in [6, 6.07) is 13.4. The molecule has 4 N–H and O–H groups in total. The summed E-state index contributed by atoms with van der Waals surface area (Å²) < 4.78 is 0. The molecule has 27 heavy (non-hydrogen) atoms. The fourth-order valence-corrected chi connectivity index (χ4v) is 3.96. The number of nitriles is 1. The highest BCUT2D eigenvalue weighted by molar-refractivity contribution is 7.17. The Bertz CT molecular complexity index is 1280. The minimum Gasteiger partial charge on any atom is -0.508 e. The smallest absolute Gasteiger partial charge is 0.270 e. The third-order valence-corrected chi connectivity index (χ3v) is 5.21. The molecule has 0 aliphatic heterocycles. The van der Waals surface area contributed by atoms with Gasteiger partial charge in [0, 0.05) is 22.6 Å². The highest BCUT2D eigenvalue weighted by Gasteiger charge is 2.17. The summed E-state index contributed by atoms with van der Waals surface area (Å²) in [6.45, 7) is 0. The van der Waals surface area contributed by atoms with Crippen LogP contribution in [0.1, 0.15) is 5.56 Å². The number of hydrogen-bond acceptors (Lipinski definition) is 6. The minimum absolute atomic E-state index is 0.0182. The number of phenols is 2. The lowest BCUT2D eigenvalue weighted by molar-refractivity contribution is 0.452. The van der Waals surface area contributed by atoms with E-state index in [9.17, 15) is 20.1 Å². The van der Waals surface area contributed by atoms with Gasteiger partial charge in [-0.2, -0.15) is 5.26 Å². The van der Waals surface area contributed by atoms with E-state index < -0.39 is 5.56 Å². The highest BCUT2D eigenvalue weighted by Crippen LogP contribution is 2.40. The lowest BCUT2D eigenvalue weighted by Crippen LogP contribution is -2.09. The van der Waals surface area contributed by atoms with E-state index in [2.05, 4.69) is 4.98 Å². The number of thiophene rings is 1. The quantitative estimate of drug-likeness (QED) is 0.423. The second kappa shape index (κ2) is 6.20. The summed E-state index contributed by atoms with van der Waals surface area (Å²) in [5.74, 6) is -0.374. The van der Waals surface area contributed by atoms with E-state index in [1.807, 2.05) is 12.1 Å². The summed E-state index contributed by atoms with van der Waals surface area (Å²) >= 11 is 1.27. The Morgan fingerprint density at radius 1 is 0.963 bits per heavy atom. The first-order valence-electron chi connectivity index (χ1n) is 7.89. The molecule has 0 bridgehead atoms. The third kappa shape index (κ3) is 2.69. The summed E-state index contributed by atoms with van der Waals surface area (Å²) in [6.07, 6.45) is 0. The van der Waals surface area contributed by atoms with Gasteiger partial charge in [0.05, 0.1) is 5.39 Å². The van der Waals surface area contributed by atoms with Crippen LogP contribution in [0.3, 0.4) is 0 Å². The fraction of sp³-hybridized carbons (Fsp3) is 0. The molecule has 0 aliphatic rings. The molecule has 0 fully saturated rings. The predicted octanol–water partition coefficient (Wildman–Crippen LogP) is 3.91. The molecule has 0 atom stereocenters. The molecule has 0 radical (unpaired) electrons. The molecule has 0 unspecified atom stereocenters. The van der Waals surface area contributed by atoms with Crippen LogP contribution < -0.4 is 5.56 Å². The molecule has 132 valence electrons. The molecule has 0 aliphatic carbocycles. The Morgan fingerprint density at radius 3 is 2.26 bits per heavy atom. The number of aromatic hydroxyl groups is 3. The Balaban J connectivity index is 1.83. The molecule has 4 rings (SSSR count). The number of H-pyrrole nitrogens is 1. The molecule has 7 heteroatoms.